The molecule has 4 heteroatoms. The van der Waals surface area contributed by atoms with Crippen molar-refractivity contribution in [3.8, 4) is 0 Å². The van der Waals surface area contributed by atoms with E-state index in [0.717, 1.165) is 38.6 Å². The summed E-state index contributed by atoms with van der Waals surface area (Å²) in [4.78, 5) is 14.2. The Morgan fingerprint density at radius 2 is 2.28 bits per heavy atom. The van der Waals surface area contributed by atoms with Gasteiger partial charge in [0.25, 0.3) is 0 Å². The summed E-state index contributed by atoms with van der Waals surface area (Å²) in [5, 5.41) is 10.6. The molecule has 2 aliphatic rings. The summed E-state index contributed by atoms with van der Waals surface area (Å²) in [6.07, 6.45) is 5.82. The first-order valence-electron chi connectivity index (χ1n) is 7.32. The number of nitrogens with zero attached hydrogens (tertiary/aromatic N) is 1. The van der Waals surface area contributed by atoms with Crippen LogP contribution in [-0.2, 0) is 4.79 Å². The van der Waals surface area contributed by atoms with Crippen molar-refractivity contribution in [1.82, 2.24) is 4.90 Å². The van der Waals surface area contributed by atoms with E-state index in [1.54, 1.807) is 0 Å². The van der Waals surface area contributed by atoms with E-state index in [-0.39, 0.29) is 17.7 Å². The summed E-state index contributed by atoms with van der Waals surface area (Å²) in [6.45, 7) is 3.87. The number of amides is 1. The molecule has 1 saturated carbocycles. The zero-order valence-corrected chi connectivity index (χ0v) is 11.4. The highest BCUT2D eigenvalue weighted by atomic mass is 16.3. The maximum absolute atomic E-state index is 12.3. The highest BCUT2D eigenvalue weighted by Crippen LogP contribution is 2.40. The Morgan fingerprint density at radius 1 is 1.50 bits per heavy atom. The quantitative estimate of drug-likeness (QED) is 0.793. The molecule has 0 aromatic rings. The van der Waals surface area contributed by atoms with E-state index < -0.39 is 5.60 Å². The van der Waals surface area contributed by atoms with Crippen molar-refractivity contribution >= 4 is 5.91 Å². The summed E-state index contributed by atoms with van der Waals surface area (Å²) in [7, 11) is 0. The summed E-state index contributed by atoms with van der Waals surface area (Å²) in [6, 6.07) is 0. The first kappa shape index (κ1) is 13.8. The number of hydrogen-bond donors (Lipinski definition) is 2. The molecule has 104 valence electrons. The lowest BCUT2D eigenvalue weighted by molar-refractivity contribution is -0.147. The fraction of sp³-hybridized carbons (Fsp3) is 0.929. The van der Waals surface area contributed by atoms with Gasteiger partial charge in [-0.15, -0.1) is 0 Å². The molecule has 4 nitrogen and oxygen atoms in total. The van der Waals surface area contributed by atoms with E-state index >= 15 is 0 Å². The Morgan fingerprint density at radius 3 is 2.94 bits per heavy atom. The van der Waals surface area contributed by atoms with Gasteiger partial charge in [0.1, 0.15) is 0 Å². The zero-order valence-electron chi connectivity index (χ0n) is 11.4. The molecule has 2 fully saturated rings. The fourth-order valence-corrected chi connectivity index (χ4v) is 3.47. The minimum Gasteiger partial charge on any atom is -0.389 e. The monoisotopic (exact) mass is 254 g/mol. The van der Waals surface area contributed by atoms with Crippen LogP contribution in [0.15, 0.2) is 0 Å². The second kappa shape index (κ2) is 5.57. The third kappa shape index (κ3) is 2.54. The third-order valence-electron chi connectivity index (χ3n) is 4.87. The van der Waals surface area contributed by atoms with Crippen molar-refractivity contribution in [2.24, 2.45) is 17.6 Å². The maximum Gasteiger partial charge on any atom is 0.226 e. The second-order valence-electron chi connectivity index (χ2n) is 5.92. The Balaban J connectivity index is 2.00. The third-order valence-corrected chi connectivity index (χ3v) is 4.87. The fourth-order valence-electron chi connectivity index (χ4n) is 3.47. The molecule has 0 spiro atoms. The summed E-state index contributed by atoms with van der Waals surface area (Å²) in [5.41, 5.74) is 5.15. The number of rotatable bonds is 3. The Kier molecular flexibility index (Phi) is 4.28. The van der Waals surface area contributed by atoms with Gasteiger partial charge in [-0.3, -0.25) is 4.79 Å². The van der Waals surface area contributed by atoms with Crippen LogP contribution in [0.25, 0.3) is 0 Å². The number of aliphatic hydroxyl groups is 1. The topological polar surface area (TPSA) is 66.6 Å². The van der Waals surface area contributed by atoms with Gasteiger partial charge in [-0.25, -0.2) is 0 Å². The average molecular weight is 254 g/mol. The molecule has 3 atom stereocenters. The number of hydrogen-bond acceptors (Lipinski definition) is 3. The van der Waals surface area contributed by atoms with Crippen LogP contribution in [0.2, 0.25) is 0 Å². The lowest BCUT2D eigenvalue weighted by Gasteiger charge is -2.47. The standard InChI is InChI=1S/C14H26N2O2/c1-2-11(9-15)13(17)16-8-7-14(18)6-4-3-5-12(14)10-16/h11-12,18H,2-10,15H2,1H3. The number of carbonyl (C=O) groups excluding carboxylic acids is 1. The van der Waals surface area contributed by atoms with Crippen LogP contribution in [-0.4, -0.2) is 41.1 Å². The number of piperidine rings is 1. The summed E-state index contributed by atoms with van der Waals surface area (Å²) >= 11 is 0. The molecule has 1 aliphatic carbocycles. The van der Waals surface area contributed by atoms with E-state index in [1.807, 2.05) is 11.8 Å². The van der Waals surface area contributed by atoms with Crippen molar-refractivity contribution in [1.29, 1.82) is 0 Å². The van der Waals surface area contributed by atoms with E-state index in [2.05, 4.69) is 0 Å². The predicted octanol–water partition coefficient (Wildman–Crippen LogP) is 1.12. The largest absolute Gasteiger partial charge is 0.389 e. The molecule has 0 aromatic carbocycles. The summed E-state index contributed by atoms with van der Waals surface area (Å²) in [5.74, 6) is 0.423. The maximum atomic E-state index is 12.3. The number of fused-ring (bicyclic) bond motifs is 1. The molecule has 1 saturated heterocycles. The van der Waals surface area contributed by atoms with Gasteiger partial charge in [0.05, 0.1) is 11.5 Å². The zero-order chi connectivity index (χ0) is 13.2. The Labute approximate surface area is 110 Å². The lowest BCUT2D eigenvalue weighted by Crippen LogP contribution is -2.56. The molecule has 0 radical (unpaired) electrons. The molecule has 3 N–H and O–H groups in total. The van der Waals surface area contributed by atoms with Crippen LogP contribution in [0.1, 0.15) is 45.4 Å². The molecule has 0 bridgehead atoms. The van der Waals surface area contributed by atoms with Gasteiger partial charge in [0.2, 0.25) is 5.91 Å². The first-order chi connectivity index (χ1) is 8.60. The molecule has 1 aliphatic heterocycles. The van der Waals surface area contributed by atoms with E-state index in [4.69, 9.17) is 5.73 Å². The van der Waals surface area contributed by atoms with Gasteiger partial charge < -0.3 is 15.7 Å². The van der Waals surface area contributed by atoms with Crippen molar-refractivity contribution in [2.45, 2.75) is 51.0 Å². The van der Waals surface area contributed by atoms with Gasteiger partial charge in [-0.1, -0.05) is 19.8 Å². The highest BCUT2D eigenvalue weighted by Gasteiger charge is 2.44. The van der Waals surface area contributed by atoms with Crippen molar-refractivity contribution in [3.05, 3.63) is 0 Å². The van der Waals surface area contributed by atoms with E-state index in [0.29, 0.717) is 13.1 Å². The number of nitrogens with two attached hydrogens (primary N) is 1. The molecule has 1 heterocycles. The normalized spacial score (nSPS) is 33.9. The predicted molar refractivity (Wildman–Crippen MR) is 70.9 cm³/mol. The summed E-state index contributed by atoms with van der Waals surface area (Å²) < 4.78 is 0. The van der Waals surface area contributed by atoms with Crippen LogP contribution in [0.4, 0.5) is 0 Å². The van der Waals surface area contributed by atoms with Gasteiger partial charge in [-0.2, -0.15) is 0 Å². The first-order valence-corrected chi connectivity index (χ1v) is 7.32. The SMILES string of the molecule is CCC(CN)C(=O)N1CCC2(O)CCCCC2C1. The lowest BCUT2D eigenvalue weighted by atomic mass is 9.71. The minimum absolute atomic E-state index is 0.0419. The molecular formula is C14H26N2O2. The number of carbonyl (C=O) groups is 1. The molecule has 0 aromatic heterocycles. The number of likely N-dealkylation sites (tertiary alicyclic amines) is 1. The molecule has 3 unspecified atom stereocenters. The molecular weight excluding hydrogens is 228 g/mol. The van der Waals surface area contributed by atoms with Crippen LogP contribution in [0.3, 0.4) is 0 Å². The van der Waals surface area contributed by atoms with E-state index in [9.17, 15) is 9.90 Å². The highest BCUT2D eigenvalue weighted by molar-refractivity contribution is 5.79. The van der Waals surface area contributed by atoms with Crippen molar-refractivity contribution in [3.63, 3.8) is 0 Å². The van der Waals surface area contributed by atoms with Gasteiger partial charge in [-0.05, 0) is 25.7 Å². The van der Waals surface area contributed by atoms with Gasteiger partial charge in [0.15, 0.2) is 0 Å². The van der Waals surface area contributed by atoms with Crippen LogP contribution in [0.5, 0.6) is 0 Å². The molecule has 18 heavy (non-hydrogen) atoms. The Bertz CT molecular complexity index is 304. The van der Waals surface area contributed by atoms with Gasteiger partial charge in [0, 0.05) is 25.6 Å². The Hall–Kier alpha value is -0.610. The van der Waals surface area contributed by atoms with Crippen molar-refractivity contribution < 1.29 is 9.90 Å². The second-order valence-corrected chi connectivity index (χ2v) is 5.92. The van der Waals surface area contributed by atoms with Crippen LogP contribution >= 0.6 is 0 Å². The van der Waals surface area contributed by atoms with Gasteiger partial charge >= 0.3 is 0 Å². The van der Waals surface area contributed by atoms with Crippen LogP contribution < -0.4 is 5.73 Å². The average Bonchev–Trinajstić information content (AvgIpc) is 2.39. The van der Waals surface area contributed by atoms with E-state index in [1.165, 1.54) is 6.42 Å². The van der Waals surface area contributed by atoms with Crippen molar-refractivity contribution in [2.75, 3.05) is 19.6 Å². The van der Waals surface area contributed by atoms with Crippen LogP contribution in [0, 0.1) is 11.8 Å². The molecule has 1 amide bonds. The molecule has 2 rings (SSSR count). The minimum atomic E-state index is -0.501. The smallest absolute Gasteiger partial charge is 0.226 e.